The van der Waals surface area contributed by atoms with E-state index in [1.807, 2.05) is 0 Å². The van der Waals surface area contributed by atoms with Gasteiger partial charge in [0.05, 0.1) is 30.6 Å². The second kappa shape index (κ2) is 8.19. The number of hydrogen-bond acceptors (Lipinski definition) is 6. The average molecular weight is 441 g/mol. The number of aromatic nitrogens is 3. The van der Waals surface area contributed by atoms with Gasteiger partial charge in [0.1, 0.15) is 17.5 Å². The lowest BCUT2D eigenvalue weighted by atomic mass is 10.0. The molecule has 10 heteroatoms. The second-order valence-electron chi connectivity index (χ2n) is 8.15. The van der Waals surface area contributed by atoms with Gasteiger partial charge in [-0.15, -0.1) is 0 Å². The van der Waals surface area contributed by atoms with Crippen molar-refractivity contribution in [1.82, 2.24) is 19.5 Å². The molecule has 0 aliphatic carbocycles. The van der Waals surface area contributed by atoms with Crippen LogP contribution >= 0.6 is 0 Å². The molecule has 4 rings (SSSR count). The van der Waals surface area contributed by atoms with Crippen molar-refractivity contribution in [2.75, 3.05) is 18.5 Å². The second-order valence-corrected chi connectivity index (χ2v) is 8.15. The van der Waals surface area contributed by atoms with Gasteiger partial charge in [0.25, 0.3) is 11.8 Å². The number of ether oxygens (including phenoxy) is 1. The maximum absolute atomic E-state index is 14.4. The van der Waals surface area contributed by atoms with Gasteiger partial charge in [-0.3, -0.25) is 9.59 Å². The van der Waals surface area contributed by atoms with Gasteiger partial charge in [-0.25, -0.2) is 13.9 Å². The van der Waals surface area contributed by atoms with Crippen LogP contribution in [0.4, 0.5) is 10.1 Å². The molecule has 32 heavy (non-hydrogen) atoms. The Morgan fingerprint density at radius 2 is 2.19 bits per heavy atom. The molecule has 0 saturated carbocycles. The Bertz CT molecular complexity index is 1190. The van der Waals surface area contributed by atoms with Crippen LogP contribution in [0.1, 0.15) is 47.1 Å². The highest BCUT2D eigenvalue weighted by Gasteiger charge is 2.35. The topological polar surface area (TPSA) is 109 Å². The van der Waals surface area contributed by atoms with E-state index in [1.54, 1.807) is 37.5 Å². The Kier molecular flexibility index (Phi) is 5.55. The van der Waals surface area contributed by atoms with Gasteiger partial charge in [-0.05, 0) is 44.5 Å². The van der Waals surface area contributed by atoms with E-state index in [4.69, 9.17) is 4.74 Å². The molecule has 2 amide bonds. The Morgan fingerprint density at radius 1 is 1.41 bits per heavy atom. The van der Waals surface area contributed by atoms with Crippen LogP contribution in [0.2, 0.25) is 0 Å². The molecule has 0 saturated heterocycles. The lowest BCUT2D eigenvalue weighted by molar-refractivity contribution is -0.0159. The molecule has 0 spiro atoms. The molecule has 0 fully saturated rings. The fourth-order valence-corrected chi connectivity index (χ4v) is 3.52. The molecule has 1 aliphatic rings. The average Bonchev–Trinajstić information content (AvgIpc) is 3.29. The summed E-state index contributed by atoms with van der Waals surface area (Å²) >= 11 is 0. The number of hydrogen-bond donors (Lipinski definition) is 2. The summed E-state index contributed by atoms with van der Waals surface area (Å²) < 4.78 is 21.5. The number of fused-ring (bicyclic) bond motifs is 2. The molecule has 2 aromatic heterocycles. The zero-order valence-electron chi connectivity index (χ0n) is 18.0. The molecule has 1 aromatic carbocycles. The molecule has 2 N–H and O–H groups in total. The van der Waals surface area contributed by atoms with Crippen LogP contribution < -0.4 is 10.1 Å². The minimum atomic E-state index is -1.60. The summed E-state index contributed by atoms with van der Waals surface area (Å²) in [6.07, 6.45) is 3.08. The largest absolute Gasteiger partial charge is 0.492 e. The van der Waals surface area contributed by atoms with E-state index in [2.05, 4.69) is 15.4 Å². The third-order valence-corrected chi connectivity index (χ3v) is 5.30. The number of amides is 2. The van der Waals surface area contributed by atoms with E-state index < -0.39 is 17.7 Å². The molecular formula is C22H24FN5O4. The van der Waals surface area contributed by atoms with Gasteiger partial charge >= 0.3 is 0 Å². The van der Waals surface area contributed by atoms with Crippen LogP contribution in [0.5, 0.6) is 5.75 Å². The number of carbonyl (C=O) groups excluding carboxylic acids is 2. The summed E-state index contributed by atoms with van der Waals surface area (Å²) in [6.45, 7) is 4.76. The monoisotopic (exact) mass is 441 g/mol. The van der Waals surface area contributed by atoms with Crippen molar-refractivity contribution in [3.63, 3.8) is 0 Å². The summed E-state index contributed by atoms with van der Waals surface area (Å²) in [5.41, 5.74) is 0.539. The first-order valence-corrected chi connectivity index (χ1v) is 10.2. The molecule has 0 bridgehead atoms. The van der Waals surface area contributed by atoms with Gasteiger partial charge in [-0.1, -0.05) is 0 Å². The van der Waals surface area contributed by atoms with Crippen molar-refractivity contribution in [2.24, 2.45) is 0 Å². The first kappa shape index (κ1) is 21.7. The van der Waals surface area contributed by atoms with Crippen LogP contribution in [-0.2, 0) is 6.54 Å². The molecule has 1 atom stereocenters. The van der Waals surface area contributed by atoms with Gasteiger partial charge < -0.3 is 20.1 Å². The minimum absolute atomic E-state index is 0.165. The molecule has 0 radical (unpaired) electrons. The summed E-state index contributed by atoms with van der Waals surface area (Å²) in [5, 5.41) is 16.8. The molecule has 1 aliphatic heterocycles. The predicted molar refractivity (Wildman–Crippen MR) is 114 cm³/mol. The van der Waals surface area contributed by atoms with E-state index in [1.165, 1.54) is 29.5 Å². The fraction of sp³-hybridized carbons (Fsp3) is 0.364. The van der Waals surface area contributed by atoms with E-state index in [0.717, 1.165) is 0 Å². The number of rotatable bonds is 7. The van der Waals surface area contributed by atoms with Crippen molar-refractivity contribution in [1.29, 1.82) is 0 Å². The highest BCUT2D eigenvalue weighted by atomic mass is 19.1. The lowest BCUT2D eigenvalue weighted by Gasteiger charge is -2.26. The summed E-state index contributed by atoms with van der Waals surface area (Å²) in [4.78, 5) is 31.2. The number of carbonyl (C=O) groups is 2. The maximum Gasteiger partial charge on any atom is 0.261 e. The van der Waals surface area contributed by atoms with Gasteiger partial charge in [0.15, 0.2) is 5.65 Å². The molecular weight excluding hydrogens is 417 g/mol. The molecule has 3 aromatic rings. The van der Waals surface area contributed by atoms with Crippen molar-refractivity contribution >= 4 is 23.1 Å². The van der Waals surface area contributed by atoms with Crippen LogP contribution in [0.15, 0.2) is 36.8 Å². The number of alkyl halides is 1. The number of benzene rings is 1. The van der Waals surface area contributed by atoms with E-state index in [0.29, 0.717) is 34.8 Å². The number of aliphatic hydroxyl groups is 1. The quantitative estimate of drug-likeness (QED) is 0.583. The van der Waals surface area contributed by atoms with Crippen LogP contribution in [0.3, 0.4) is 0 Å². The molecule has 3 heterocycles. The number of halogens is 1. The number of anilines is 1. The van der Waals surface area contributed by atoms with E-state index in [-0.39, 0.29) is 24.6 Å². The lowest BCUT2D eigenvalue weighted by Crippen LogP contribution is -2.42. The van der Waals surface area contributed by atoms with Crippen molar-refractivity contribution in [2.45, 2.75) is 39.1 Å². The first-order chi connectivity index (χ1) is 15.2. The summed E-state index contributed by atoms with van der Waals surface area (Å²) in [7, 11) is 0. The van der Waals surface area contributed by atoms with E-state index in [9.17, 15) is 19.1 Å². The summed E-state index contributed by atoms with van der Waals surface area (Å²) in [5.74, 6) is -0.442. The third-order valence-electron chi connectivity index (χ3n) is 5.30. The molecule has 1 unspecified atom stereocenters. The van der Waals surface area contributed by atoms with Crippen LogP contribution in [0, 0.1) is 0 Å². The fourth-order valence-electron chi connectivity index (χ4n) is 3.52. The number of nitrogens with zero attached hydrogens (tertiary/aromatic N) is 4. The van der Waals surface area contributed by atoms with E-state index >= 15 is 0 Å². The molecule has 9 nitrogen and oxygen atoms in total. The van der Waals surface area contributed by atoms with Crippen molar-refractivity contribution in [3.05, 3.63) is 53.5 Å². The third kappa shape index (κ3) is 4.01. The van der Waals surface area contributed by atoms with Gasteiger partial charge in [0.2, 0.25) is 0 Å². The van der Waals surface area contributed by atoms with Crippen molar-refractivity contribution < 1.29 is 23.8 Å². The Labute approximate surface area is 183 Å². The zero-order chi connectivity index (χ0) is 23.0. The van der Waals surface area contributed by atoms with Gasteiger partial charge in [0, 0.05) is 24.5 Å². The maximum atomic E-state index is 14.4. The zero-order valence-corrected chi connectivity index (χ0v) is 18.0. The van der Waals surface area contributed by atoms with Crippen molar-refractivity contribution in [3.8, 4) is 5.75 Å². The minimum Gasteiger partial charge on any atom is -0.492 e. The van der Waals surface area contributed by atoms with Gasteiger partial charge in [-0.2, -0.15) is 5.10 Å². The highest BCUT2D eigenvalue weighted by Crippen LogP contribution is 2.35. The normalized spacial score (nSPS) is 14.5. The standard InChI is InChI=1S/C22H24FN5O4/c1-4-32-17-9-14-13(11-27(21(14)30)12-18(23)22(2,3)31)8-16(17)26-20(29)15-10-25-28-7-5-6-24-19(15)28/h5-10,18,31H,4,11-12H2,1-3H3,(H,26,29). The molecule has 168 valence electrons. The highest BCUT2D eigenvalue weighted by molar-refractivity contribution is 6.09. The SMILES string of the molecule is CCOc1cc2c(cc1NC(=O)c1cnn3cccnc13)CN(CC(F)C(C)(C)O)C2=O. The number of nitrogens with one attached hydrogen (secondary N) is 1. The summed E-state index contributed by atoms with van der Waals surface area (Å²) in [6, 6.07) is 4.92. The Balaban J connectivity index is 1.61. The Hall–Kier alpha value is -3.53. The predicted octanol–water partition coefficient (Wildman–Crippen LogP) is 2.45. The van der Waals surface area contributed by atoms with Crippen LogP contribution in [-0.4, -0.2) is 61.3 Å². The smallest absolute Gasteiger partial charge is 0.261 e. The first-order valence-electron chi connectivity index (χ1n) is 10.2. The van der Waals surface area contributed by atoms with Crippen LogP contribution in [0.25, 0.3) is 5.65 Å². The Morgan fingerprint density at radius 3 is 2.91 bits per heavy atom.